The van der Waals surface area contributed by atoms with E-state index in [0.717, 1.165) is 10.9 Å². The Morgan fingerprint density at radius 1 is 1.56 bits per heavy atom. The highest BCUT2D eigenvalue weighted by Crippen LogP contribution is 2.31. The van der Waals surface area contributed by atoms with E-state index in [1.165, 1.54) is 0 Å². The molecule has 2 rings (SSSR count). The van der Waals surface area contributed by atoms with Crippen LogP contribution < -0.4 is 5.73 Å². The summed E-state index contributed by atoms with van der Waals surface area (Å²) in [6.07, 6.45) is 1.77. The number of nitrogens with two attached hydrogens (primary N) is 1. The Balaban J connectivity index is 2.90. The second-order valence-electron chi connectivity index (χ2n) is 3.95. The molecule has 0 saturated carbocycles. The maximum atomic E-state index is 11.4. The molecule has 3 N–H and O–H groups in total. The van der Waals surface area contributed by atoms with Crippen molar-refractivity contribution < 1.29 is 4.79 Å². The molecule has 0 saturated heterocycles. The lowest BCUT2D eigenvalue weighted by molar-refractivity contribution is 0.0999. The summed E-state index contributed by atoms with van der Waals surface area (Å²) in [5.74, 6) is -0.384. The smallest absolute Gasteiger partial charge is 0.252 e. The van der Waals surface area contributed by atoms with Gasteiger partial charge in [0, 0.05) is 11.6 Å². The maximum Gasteiger partial charge on any atom is 0.252 e. The first-order valence-electron chi connectivity index (χ1n) is 4.98. The minimum atomic E-state index is -0.538. The average Bonchev–Trinajstić information content (AvgIpc) is 2.61. The van der Waals surface area contributed by atoms with Crippen LogP contribution in [0.25, 0.3) is 11.0 Å². The van der Waals surface area contributed by atoms with Gasteiger partial charge in [0.1, 0.15) is 10.8 Å². The number of H-pyrrole nitrogens is 1. The summed E-state index contributed by atoms with van der Waals surface area (Å²) in [7, 11) is 0. The van der Waals surface area contributed by atoms with Crippen LogP contribution in [0, 0.1) is 0 Å². The summed E-state index contributed by atoms with van der Waals surface area (Å²) < 4.78 is 0. The van der Waals surface area contributed by atoms with Crippen molar-refractivity contribution in [3.63, 3.8) is 0 Å². The molecule has 16 heavy (non-hydrogen) atoms. The molecule has 84 valence electrons. The number of pyridine rings is 1. The van der Waals surface area contributed by atoms with Crippen molar-refractivity contribution in [3.05, 3.63) is 28.5 Å². The maximum absolute atomic E-state index is 11.4. The van der Waals surface area contributed by atoms with E-state index in [2.05, 4.69) is 9.97 Å². The summed E-state index contributed by atoms with van der Waals surface area (Å²) >= 11 is 5.97. The Hall–Kier alpha value is -1.55. The molecule has 4 nitrogen and oxygen atoms in total. The van der Waals surface area contributed by atoms with Gasteiger partial charge in [-0.3, -0.25) is 4.79 Å². The molecule has 5 heteroatoms. The summed E-state index contributed by atoms with van der Waals surface area (Å²) in [4.78, 5) is 18.5. The van der Waals surface area contributed by atoms with Crippen molar-refractivity contribution in [2.24, 2.45) is 5.73 Å². The number of halogens is 1. The molecule has 0 aliphatic rings. The first-order chi connectivity index (χ1) is 7.52. The van der Waals surface area contributed by atoms with E-state index >= 15 is 0 Å². The first kappa shape index (κ1) is 11.0. The Morgan fingerprint density at radius 3 is 2.81 bits per heavy atom. The number of primary amides is 1. The minimum Gasteiger partial charge on any atom is -0.365 e. The van der Waals surface area contributed by atoms with Gasteiger partial charge in [-0.25, -0.2) is 4.98 Å². The number of aromatic amines is 1. The number of nitrogens with one attached hydrogen (secondary N) is 1. The predicted octanol–water partition coefficient (Wildman–Crippen LogP) is 2.44. The lowest BCUT2D eigenvalue weighted by Crippen LogP contribution is -2.16. The van der Waals surface area contributed by atoms with E-state index in [4.69, 9.17) is 17.3 Å². The van der Waals surface area contributed by atoms with Crippen molar-refractivity contribution in [1.29, 1.82) is 0 Å². The monoisotopic (exact) mass is 237 g/mol. The van der Waals surface area contributed by atoms with Gasteiger partial charge in [-0.1, -0.05) is 25.4 Å². The molecule has 0 aliphatic carbocycles. The molecule has 0 atom stereocenters. The van der Waals surface area contributed by atoms with Gasteiger partial charge in [0.2, 0.25) is 0 Å². The highest BCUT2D eigenvalue weighted by Gasteiger charge is 2.20. The zero-order valence-electron chi connectivity index (χ0n) is 9.04. The molecule has 2 aromatic heterocycles. The molecular formula is C11H12ClN3O. The Labute approximate surface area is 97.8 Å². The van der Waals surface area contributed by atoms with Crippen molar-refractivity contribution in [3.8, 4) is 0 Å². The zero-order valence-corrected chi connectivity index (χ0v) is 9.80. The van der Waals surface area contributed by atoms with Crippen molar-refractivity contribution in [2.75, 3.05) is 0 Å². The lowest BCUT2D eigenvalue weighted by atomic mass is 9.95. The number of amides is 1. The fourth-order valence-corrected chi connectivity index (χ4v) is 2.18. The van der Waals surface area contributed by atoms with E-state index < -0.39 is 5.91 Å². The zero-order chi connectivity index (χ0) is 11.9. The fourth-order valence-electron chi connectivity index (χ4n) is 1.90. The summed E-state index contributed by atoms with van der Waals surface area (Å²) in [5, 5.41) is 1.05. The Kier molecular flexibility index (Phi) is 2.59. The molecule has 2 heterocycles. The summed E-state index contributed by atoms with van der Waals surface area (Å²) in [5.41, 5.74) is 7.19. The van der Waals surface area contributed by atoms with Gasteiger partial charge in [-0.2, -0.15) is 0 Å². The summed E-state index contributed by atoms with van der Waals surface area (Å²) in [6.45, 7) is 3.98. The topological polar surface area (TPSA) is 71.8 Å². The van der Waals surface area contributed by atoms with Crippen LogP contribution in [-0.4, -0.2) is 15.9 Å². The van der Waals surface area contributed by atoms with Crippen LogP contribution in [0.4, 0.5) is 0 Å². The largest absolute Gasteiger partial charge is 0.365 e. The van der Waals surface area contributed by atoms with E-state index in [1.54, 1.807) is 6.20 Å². The SMILES string of the molecule is CC(C)c1c(C(N)=O)c(Cl)nc2[nH]ccc12. The molecule has 0 fully saturated rings. The van der Waals surface area contributed by atoms with E-state index in [-0.39, 0.29) is 11.1 Å². The predicted molar refractivity (Wildman–Crippen MR) is 63.7 cm³/mol. The Morgan fingerprint density at radius 2 is 2.25 bits per heavy atom. The molecule has 0 unspecified atom stereocenters. The van der Waals surface area contributed by atoms with E-state index in [9.17, 15) is 4.79 Å². The van der Waals surface area contributed by atoms with Crippen LogP contribution in [-0.2, 0) is 0 Å². The van der Waals surface area contributed by atoms with Crippen LogP contribution in [0.2, 0.25) is 5.15 Å². The van der Waals surface area contributed by atoms with Crippen molar-refractivity contribution in [1.82, 2.24) is 9.97 Å². The van der Waals surface area contributed by atoms with Crippen molar-refractivity contribution >= 4 is 28.5 Å². The van der Waals surface area contributed by atoms with Gasteiger partial charge in [0.05, 0.1) is 5.56 Å². The standard InChI is InChI=1S/C11H12ClN3O/c1-5(2)7-6-3-4-14-11(6)15-9(12)8(7)10(13)16/h3-5H,1-2H3,(H2,13,16)(H,14,15). The number of rotatable bonds is 2. The van der Waals surface area contributed by atoms with Crippen LogP contribution in [0.15, 0.2) is 12.3 Å². The number of fused-ring (bicyclic) bond motifs is 1. The number of carbonyl (C=O) groups excluding carboxylic acids is 1. The molecular weight excluding hydrogens is 226 g/mol. The van der Waals surface area contributed by atoms with Crippen LogP contribution in [0.3, 0.4) is 0 Å². The van der Waals surface area contributed by atoms with Crippen LogP contribution in [0.5, 0.6) is 0 Å². The Bertz CT molecular complexity index is 560. The molecule has 0 radical (unpaired) electrons. The van der Waals surface area contributed by atoms with Gasteiger partial charge in [-0.05, 0) is 17.5 Å². The molecule has 0 spiro atoms. The highest BCUT2D eigenvalue weighted by molar-refractivity contribution is 6.33. The number of nitrogens with zero attached hydrogens (tertiary/aromatic N) is 1. The molecule has 1 amide bonds. The second-order valence-corrected chi connectivity index (χ2v) is 4.31. The van der Waals surface area contributed by atoms with Crippen LogP contribution >= 0.6 is 11.6 Å². The number of aromatic nitrogens is 2. The quantitative estimate of drug-likeness (QED) is 0.788. The second kappa shape index (κ2) is 3.79. The minimum absolute atomic E-state index is 0.154. The summed E-state index contributed by atoms with van der Waals surface area (Å²) in [6, 6.07) is 1.88. The van der Waals surface area contributed by atoms with Crippen molar-refractivity contribution in [2.45, 2.75) is 19.8 Å². The van der Waals surface area contributed by atoms with Gasteiger partial charge in [0.15, 0.2) is 0 Å². The third-order valence-electron chi connectivity index (χ3n) is 2.52. The fraction of sp³-hybridized carbons (Fsp3) is 0.273. The molecule has 0 bridgehead atoms. The van der Waals surface area contributed by atoms with Gasteiger partial charge in [0.25, 0.3) is 5.91 Å². The first-order valence-corrected chi connectivity index (χ1v) is 5.36. The molecule has 2 aromatic rings. The molecule has 0 aliphatic heterocycles. The number of hydrogen-bond donors (Lipinski definition) is 2. The average molecular weight is 238 g/mol. The van der Waals surface area contributed by atoms with E-state index in [1.807, 2.05) is 19.9 Å². The van der Waals surface area contributed by atoms with E-state index in [0.29, 0.717) is 11.2 Å². The lowest BCUT2D eigenvalue weighted by Gasteiger charge is -2.12. The molecule has 0 aromatic carbocycles. The third kappa shape index (κ3) is 1.55. The third-order valence-corrected chi connectivity index (χ3v) is 2.80. The normalized spacial score (nSPS) is 11.2. The van der Waals surface area contributed by atoms with Gasteiger partial charge in [-0.15, -0.1) is 0 Å². The van der Waals surface area contributed by atoms with Gasteiger partial charge < -0.3 is 10.7 Å². The highest BCUT2D eigenvalue weighted by atomic mass is 35.5. The van der Waals surface area contributed by atoms with Gasteiger partial charge >= 0.3 is 0 Å². The number of hydrogen-bond acceptors (Lipinski definition) is 2. The van der Waals surface area contributed by atoms with Crippen LogP contribution in [0.1, 0.15) is 35.7 Å². The number of carbonyl (C=O) groups is 1.